The third-order valence-electron chi connectivity index (χ3n) is 2.83. The molecule has 0 radical (unpaired) electrons. The van der Waals surface area contributed by atoms with Crippen molar-refractivity contribution in [3.63, 3.8) is 0 Å². The number of benzene rings is 1. The molecule has 1 aromatic carbocycles. The van der Waals surface area contributed by atoms with Crippen LogP contribution in [0.15, 0.2) is 29.8 Å². The molecule has 0 fully saturated rings. The largest absolute Gasteiger partial charge is 0.486 e. The van der Waals surface area contributed by atoms with E-state index in [2.05, 4.69) is 0 Å². The van der Waals surface area contributed by atoms with Crippen LogP contribution in [0.3, 0.4) is 0 Å². The Hall–Kier alpha value is -1.77. The zero-order valence-electron chi connectivity index (χ0n) is 10.2. The molecule has 90 valence electrons. The molecule has 3 nitrogen and oxygen atoms in total. The van der Waals surface area contributed by atoms with Crippen LogP contribution >= 0.6 is 0 Å². The minimum Gasteiger partial charge on any atom is -0.486 e. The van der Waals surface area contributed by atoms with Gasteiger partial charge >= 0.3 is 0 Å². The molecule has 0 unspecified atom stereocenters. The van der Waals surface area contributed by atoms with Crippen LogP contribution in [0.25, 0.3) is 0 Å². The van der Waals surface area contributed by atoms with Crippen molar-refractivity contribution in [1.82, 2.24) is 0 Å². The maximum Gasteiger partial charge on any atom is 0.188 e. The summed E-state index contributed by atoms with van der Waals surface area (Å²) in [5.74, 6) is 1.44. The first-order valence-electron chi connectivity index (χ1n) is 5.85. The molecule has 1 aromatic rings. The third kappa shape index (κ3) is 2.33. The van der Waals surface area contributed by atoms with Crippen molar-refractivity contribution in [2.75, 3.05) is 13.2 Å². The van der Waals surface area contributed by atoms with Gasteiger partial charge in [-0.05, 0) is 37.1 Å². The van der Waals surface area contributed by atoms with Gasteiger partial charge in [0.2, 0.25) is 0 Å². The van der Waals surface area contributed by atoms with Gasteiger partial charge in [0.1, 0.15) is 13.2 Å². The monoisotopic (exact) mass is 232 g/mol. The van der Waals surface area contributed by atoms with E-state index in [1.807, 2.05) is 19.9 Å². The third-order valence-corrected chi connectivity index (χ3v) is 2.83. The molecule has 1 heterocycles. The van der Waals surface area contributed by atoms with Crippen LogP contribution in [-0.4, -0.2) is 19.0 Å². The Labute approximate surface area is 101 Å². The molecule has 0 atom stereocenters. The molecule has 0 N–H and O–H groups in total. The second-order valence-electron chi connectivity index (χ2n) is 3.86. The fourth-order valence-electron chi connectivity index (χ4n) is 1.87. The quantitative estimate of drug-likeness (QED) is 0.593. The summed E-state index contributed by atoms with van der Waals surface area (Å²) in [6.07, 6.45) is 2.60. The van der Waals surface area contributed by atoms with E-state index < -0.39 is 0 Å². The first-order valence-corrected chi connectivity index (χ1v) is 5.85. The van der Waals surface area contributed by atoms with Crippen molar-refractivity contribution < 1.29 is 14.3 Å². The molecule has 2 rings (SSSR count). The Balaban J connectivity index is 2.31. The zero-order valence-corrected chi connectivity index (χ0v) is 10.2. The maximum atomic E-state index is 12.1. The summed E-state index contributed by atoms with van der Waals surface area (Å²) >= 11 is 0. The Morgan fingerprint density at radius 1 is 1.29 bits per heavy atom. The van der Waals surface area contributed by atoms with Crippen LogP contribution in [-0.2, 0) is 0 Å². The Morgan fingerprint density at radius 3 is 2.65 bits per heavy atom. The average Bonchev–Trinajstić information content (AvgIpc) is 2.39. The lowest BCUT2D eigenvalue weighted by Gasteiger charge is -2.18. The molecular formula is C14H16O3. The molecule has 0 saturated heterocycles. The van der Waals surface area contributed by atoms with Crippen LogP contribution in [0.4, 0.5) is 0 Å². The van der Waals surface area contributed by atoms with E-state index in [9.17, 15) is 4.79 Å². The fraction of sp³-hybridized carbons (Fsp3) is 0.357. The second kappa shape index (κ2) is 5.04. The van der Waals surface area contributed by atoms with Crippen molar-refractivity contribution in [2.24, 2.45) is 0 Å². The number of carbonyl (C=O) groups is 1. The molecule has 0 bridgehead atoms. The summed E-state index contributed by atoms with van der Waals surface area (Å²) in [7, 11) is 0. The lowest BCUT2D eigenvalue weighted by Crippen LogP contribution is -2.16. The lowest BCUT2D eigenvalue weighted by molar-refractivity contribution is 0.103. The van der Waals surface area contributed by atoms with E-state index in [4.69, 9.17) is 9.47 Å². The van der Waals surface area contributed by atoms with E-state index in [1.54, 1.807) is 18.2 Å². The number of fused-ring (bicyclic) bond motifs is 1. The second-order valence-corrected chi connectivity index (χ2v) is 3.86. The molecule has 0 saturated carbocycles. The van der Waals surface area contributed by atoms with Crippen molar-refractivity contribution >= 4 is 5.78 Å². The summed E-state index contributed by atoms with van der Waals surface area (Å²) in [5, 5.41) is 0. The van der Waals surface area contributed by atoms with Gasteiger partial charge in [0.15, 0.2) is 17.3 Å². The normalized spacial score (nSPS) is 14.6. The van der Waals surface area contributed by atoms with Gasteiger partial charge in [0.05, 0.1) is 0 Å². The number of ether oxygens (including phenoxy) is 2. The highest BCUT2D eigenvalue weighted by Gasteiger charge is 2.16. The van der Waals surface area contributed by atoms with Gasteiger partial charge in [0, 0.05) is 5.56 Å². The predicted molar refractivity (Wildman–Crippen MR) is 65.8 cm³/mol. The first-order chi connectivity index (χ1) is 8.26. The highest BCUT2D eigenvalue weighted by molar-refractivity contribution is 6.08. The molecule has 0 aromatic heterocycles. The van der Waals surface area contributed by atoms with E-state index in [-0.39, 0.29) is 5.78 Å². The summed E-state index contributed by atoms with van der Waals surface area (Å²) in [6.45, 7) is 4.96. The van der Waals surface area contributed by atoms with Gasteiger partial charge in [-0.3, -0.25) is 4.79 Å². The predicted octanol–water partition coefficient (Wildman–Crippen LogP) is 3.00. The van der Waals surface area contributed by atoms with Gasteiger partial charge < -0.3 is 9.47 Å². The van der Waals surface area contributed by atoms with E-state index in [0.717, 1.165) is 12.0 Å². The highest BCUT2D eigenvalue weighted by atomic mass is 16.6. The van der Waals surface area contributed by atoms with Crippen LogP contribution in [0.1, 0.15) is 30.6 Å². The topological polar surface area (TPSA) is 35.5 Å². The number of hydrogen-bond acceptors (Lipinski definition) is 3. The molecule has 17 heavy (non-hydrogen) atoms. The summed E-state index contributed by atoms with van der Waals surface area (Å²) in [6, 6.07) is 5.34. The minimum atomic E-state index is 0.0620. The van der Waals surface area contributed by atoms with Gasteiger partial charge in [-0.15, -0.1) is 0 Å². The Morgan fingerprint density at radius 2 is 2.00 bits per heavy atom. The number of allylic oxidation sites excluding steroid dienone is 2. The van der Waals surface area contributed by atoms with Crippen LogP contribution < -0.4 is 9.47 Å². The van der Waals surface area contributed by atoms with Crippen molar-refractivity contribution in [2.45, 2.75) is 20.3 Å². The Kier molecular flexibility index (Phi) is 3.47. The molecular weight excluding hydrogens is 216 g/mol. The maximum absolute atomic E-state index is 12.1. The SMILES string of the molecule is C/C=C(/CC)C(=O)c1ccc2c(c1)OCCO2. The lowest BCUT2D eigenvalue weighted by atomic mass is 10.0. The summed E-state index contributed by atoms with van der Waals surface area (Å²) in [4.78, 5) is 12.1. The smallest absolute Gasteiger partial charge is 0.188 e. The molecule has 1 aliphatic rings. The Bertz CT molecular complexity index is 461. The van der Waals surface area contributed by atoms with Gasteiger partial charge in [0.25, 0.3) is 0 Å². The highest BCUT2D eigenvalue weighted by Crippen LogP contribution is 2.31. The molecule has 0 spiro atoms. The standard InChI is InChI=1S/C14H16O3/c1-3-10(4-2)14(15)11-5-6-12-13(9-11)17-8-7-16-12/h3,5-6,9H,4,7-8H2,1-2H3/b10-3-. The molecule has 0 aliphatic carbocycles. The number of Topliss-reactive ketones (excluding diaryl/α,β-unsaturated/α-hetero) is 1. The first kappa shape index (κ1) is 11.7. The molecule has 3 heteroatoms. The van der Waals surface area contributed by atoms with Crippen LogP contribution in [0.2, 0.25) is 0 Å². The van der Waals surface area contributed by atoms with Crippen LogP contribution in [0.5, 0.6) is 11.5 Å². The average molecular weight is 232 g/mol. The molecule has 0 amide bonds. The number of hydrogen-bond donors (Lipinski definition) is 0. The zero-order chi connectivity index (χ0) is 12.3. The van der Waals surface area contributed by atoms with Gasteiger partial charge in [-0.1, -0.05) is 13.0 Å². The number of carbonyl (C=O) groups excluding carboxylic acids is 1. The van der Waals surface area contributed by atoms with Crippen molar-refractivity contribution in [3.05, 3.63) is 35.4 Å². The number of ketones is 1. The van der Waals surface area contributed by atoms with E-state index in [1.165, 1.54) is 0 Å². The molecule has 1 aliphatic heterocycles. The van der Waals surface area contributed by atoms with Crippen molar-refractivity contribution in [1.29, 1.82) is 0 Å². The summed E-state index contributed by atoms with van der Waals surface area (Å²) in [5.41, 5.74) is 1.48. The van der Waals surface area contributed by atoms with E-state index >= 15 is 0 Å². The van der Waals surface area contributed by atoms with Gasteiger partial charge in [-0.25, -0.2) is 0 Å². The van der Waals surface area contributed by atoms with Gasteiger partial charge in [-0.2, -0.15) is 0 Å². The fourth-order valence-corrected chi connectivity index (χ4v) is 1.87. The number of rotatable bonds is 3. The summed E-state index contributed by atoms with van der Waals surface area (Å²) < 4.78 is 10.9. The van der Waals surface area contributed by atoms with Crippen LogP contribution in [0, 0.1) is 0 Å². The van der Waals surface area contributed by atoms with Crippen molar-refractivity contribution in [3.8, 4) is 11.5 Å². The minimum absolute atomic E-state index is 0.0620. The van der Waals surface area contributed by atoms with E-state index in [0.29, 0.717) is 30.3 Å².